The minimum atomic E-state index is 0.213. The Morgan fingerprint density at radius 3 is 2.79 bits per heavy atom. The van der Waals surface area contributed by atoms with E-state index in [9.17, 15) is 0 Å². The average molecular weight is 383 g/mol. The van der Waals surface area contributed by atoms with E-state index in [2.05, 4.69) is 40.7 Å². The van der Waals surface area contributed by atoms with Gasteiger partial charge in [0.2, 0.25) is 0 Å². The molecule has 3 rings (SSSR count). The van der Waals surface area contributed by atoms with Crippen molar-refractivity contribution >= 4 is 5.96 Å². The number of rotatable bonds is 7. The quantitative estimate of drug-likeness (QED) is 0.567. The van der Waals surface area contributed by atoms with Crippen molar-refractivity contribution in [2.24, 2.45) is 4.99 Å². The van der Waals surface area contributed by atoms with Crippen LogP contribution in [0.15, 0.2) is 41.4 Å². The van der Waals surface area contributed by atoms with Crippen LogP contribution in [0, 0.1) is 0 Å². The molecule has 0 aromatic heterocycles. The summed E-state index contributed by atoms with van der Waals surface area (Å²) in [5.41, 5.74) is 3.39. The third-order valence-electron chi connectivity index (χ3n) is 4.64. The molecule has 6 heteroatoms. The maximum atomic E-state index is 5.90. The number of fused-ring (bicyclic) bond motifs is 1. The van der Waals surface area contributed by atoms with Gasteiger partial charge in [0.25, 0.3) is 0 Å². The van der Waals surface area contributed by atoms with Crippen molar-refractivity contribution in [3.05, 3.63) is 53.1 Å². The van der Waals surface area contributed by atoms with Crippen LogP contribution in [0.1, 0.15) is 30.5 Å². The summed E-state index contributed by atoms with van der Waals surface area (Å²) >= 11 is 0. The maximum Gasteiger partial charge on any atom is 0.191 e. The number of benzene rings is 2. The van der Waals surface area contributed by atoms with Crippen molar-refractivity contribution in [2.75, 3.05) is 20.8 Å². The van der Waals surface area contributed by atoms with E-state index in [1.807, 2.05) is 25.1 Å². The molecule has 1 atom stereocenters. The summed E-state index contributed by atoms with van der Waals surface area (Å²) in [5, 5.41) is 6.69. The van der Waals surface area contributed by atoms with Gasteiger partial charge in [-0.15, -0.1) is 0 Å². The molecule has 0 radical (unpaired) electrons. The highest BCUT2D eigenvalue weighted by Gasteiger charge is 2.21. The molecule has 2 aromatic rings. The van der Waals surface area contributed by atoms with Gasteiger partial charge in [0, 0.05) is 37.7 Å². The molecule has 150 valence electrons. The molecule has 0 aliphatic carbocycles. The molecule has 1 heterocycles. The Bertz CT molecular complexity index is 836. The van der Waals surface area contributed by atoms with Crippen molar-refractivity contribution in [1.82, 2.24) is 10.6 Å². The fraction of sp³-hybridized carbons (Fsp3) is 0.409. The van der Waals surface area contributed by atoms with Gasteiger partial charge in [0.05, 0.1) is 13.7 Å². The van der Waals surface area contributed by atoms with E-state index in [1.165, 1.54) is 5.56 Å². The smallest absolute Gasteiger partial charge is 0.191 e. The van der Waals surface area contributed by atoms with Gasteiger partial charge in [-0.3, -0.25) is 4.99 Å². The van der Waals surface area contributed by atoms with Crippen molar-refractivity contribution < 1.29 is 14.2 Å². The van der Waals surface area contributed by atoms with Crippen LogP contribution >= 0.6 is 0 Å². The van der Waals surface area contributed by atoms with E-state index in [0.717, 1.165) is 40.8 Å². The zero-order valence-electron chi connectivity index (χ0n) is 17.0. The minimum absolute atomic E-state index is 0.213. The van der Waals surface area contributed by atoms with E-state index in [0.29, 0.717) is 19.7 Å². The summed E-state index contributed by atoms with van der Waals surface area (Å²) in [5.74, 6) is 3.41. The summed E-state index contributed by atoms with van der Waals surface area (Å²) in [6.45, 7) is 5.96. The Morgan fingerprint density at radius 2 is 2.04 bits per heavy atom. The van der Waals surface area contributed by atoms with Gasteiger partial charge >= 0.3 is 0 Å². The molecule has 2 aromatic carbocycles. The number of guanidine groups is 1. The Balaban J connectivity index is 1.64. The van der Waals surface area contributed by atoms with Crippen LogP contribution in [0.4, 0.5) is 0 Å². The predicted octanol–water partition coefficient (Wildman–Crippen LogP) is 3.28. The van der Waals surface area contributed by atoms with Gasteiger partial charge in [0.1, 0.15) is 23.4 Å². The van der Waals surface area contributed by atoms with Crippen LogP contribution in [-0.4, -0.2) is 32.8 Å². The number of aliphatic imine (C=N–C) groups is 1. The minimum Gasteiger partial charge on any atom is -0.497 e. The highest BCUT2D eigenvalue weighted by molar-refractivity contribution is 5.79. The first-order valence-corrected chi connectivity index (χ1v) is 9.65. The lowest BCUT2D eigenvalue weighted by Crippen LogP contribution is -2.36. The van der Waals surface area contributed by atoms with E-state index >= 15 is 0 Å². The van der Waals surface area contributed by atoms with Crippen LogP contribution in [-0.2, 0) is 19.5 Å². The van der Waals surface area contributed by atoms with Gasteiger partial charge in [-0.05, 0) is 43.7 Å². The normalized spacial score (nSPS) is 15.6. The van der Waals surface area contributed by atoms with Crippen molar-refractivity contribution in [3.63, 3.8) is 0 Å². The number of hydrogen-bond donors (Lipinski definition) is 2. The van der Waals surface area contributed by atoms with Crippen LogP contribution in [0.3, 0.4) is 0 Å². The summed E-state index contributed by atoms with van der Waals surface area (Å²) in [4.78, 5) is 4.31. The molecule has 28 heavy (non-hydrogen) atoms. The molecule has 0 amide bonds. The molecule has 1 aliphatic heterocycles. The molecular formula is C22H29N3O3. The number of ether oxygens (including phenoxy) is 3. The highest BCUT2D eigenvalue weighted by atomic mass is 16.5. The monoisotopic (exact) mass is 383 g/mol. The Hall–Kier alpha value is -2.89. The Kier molecular flexibility index (Phi) is 6.63. The molecule has 0 spiro atoms. The number of nitrogens with zero attached hydrogens (tertiary/aromatic N) is 1. The van der Waals surface area contributed by atoms with E-state index in [4.69, 9.17) is 14.2 Å². The van der Waals surface area contributed by atoms with Crippen molar-refractivity contribution in [1.29, 1.82) is 0 Å². The Labute approximate surface area is 166 Å². The molecule has 2 N–H and O–H groups in total. The summed E-state index contributed by atoms with van der Waals surface area (Å²) in [7, 11) is 3.43. The summed E-state index contributed by atoms with van der Waals surface area (Å²) < 4.78 is 17.0. The van der Waals surface area contributed by atoms with Gasteiger partial charge in [-0.1, -0.05) is 12.1 Å². The number of nitrogens with one attached hydrogen (secondary N) is 2. The lowest BCUT2D eigenvalue weighted by Gasteiger charge is -2.16. The van der Waals surface area contributed by atoms with Gasteiger partial charge in [-0.25, -0.2) is 0 Å². The Morgan fingerprint density at radius 1 is 1.21 bits per heavy atom. The molecule has 0 bridgehead atoms. The zero-order chi connectivity index (χ0) is 19.9. The summed E-state index contributed by atoms with van der Waals surface area (Å²) in [6.07, 6.45) is 1.14. The van der Waals surface area contributed by atoms with Crippen LogP contribution in [0.5, 0.6) is 17.2 Å². The van der Waals surface area contributed by atoms with E-state index < -0.39 is 0 Å². The first kappa shape index (κ1) is 19.9. The molecule has 0 saturated carbocycles. The van der Waals surface area contributed by atoms with Gasteiger partial charge in [-0.2, -0.15) is 0 Å². The SMILES string of the molecule is CCOc1cc2c(cc1CNC(=NC)NCc1cccc(OC)c1)OC(C)C2. The predicted molar refractivity (Wildman–Crippen MR) is 111 cm³/mol. The number of methoxy groups -OCH3 is 1. The third-order valence-corrected chi connectivity index (χ3v) is 4.64. The van der Waals surface area contributed by atoms with Gasteiger partial charge < -0.3 is 24.8 Å². The second-order valence-corrected chi connectivity index (χ2v) is 6.76. The van der Waals surface area contributed by atoms with Crippen LogP contribution in [0.25, 0.3) is 0 Å². The van der Waals surface area contributed by atoms with E-state index in [-0.39, 0.29) is 6.10 Å². The highest BCUT2D eigenvalue weighted by Crippen LogP contribution is 2.35. The first-order valence-electron chi connectivity index (χ1n) is 9.65. The average Bonchev–Trinajstić information content (AvgIpc) is 3.07. The second-order valence-electron chi connectivity index (χ2n) is 6.76. The largest absolute Gasteiger partial charge is 0.497 e. The van der Waals surface area contributed by atoms with Crippen molar-refractivity contribution in [3.8, 4) is 17.2 Å². The zero-order valence-corrected chi connectivity index (χ0v) is 17.0. The molecule has 6 nitrogen and oxygen atoms in total. The molecular weight excluding hydrogens is 354 g/mol. The van der Waals surface area contributed by atoms with Crippen molar-refractivity contribution in [2.45, 2.75) is 39.5 Å². The standard InChI is InChI=1S/C22H29N3O3/c1-5-27-20-11-17-9-15(2)28-21(17)12-18(20)14-25-22(23-3)24-13-16-7-6-8-19(10-16)26-4/h6-8,10-12,15H,5,9,13-14H2,1-4H3,(H2,23,24,25). The maximum absolute atomic E-state index is 5.90. The fourth-order valence-corrected chi connectivity index (χ4v) is 3.28. The number of hydrogen-bond acceptors (Lipinski definition) is 4. The molecule has 1 aliphatic rings. The van der Waals surface area contributed by atoms with Gasteiger partial charge in [0.15, 0.2) is 5.96 Å². The lowest BCUT2D eigenvalue weighted by atomic mass is 10.1. The first-order chi connectivity index (χ1) is 13.6. The second kappa shape index (κ2) is 9.35. The van der Waals surface area contributed by atoms with E-state index in [1.54, 1.807) is 14.2 Å². The van der Waals surface area contributed by atoms with Crippen LogP contribution in [0.2, 0.25) is 0 Å². The lowest BCUT2D eigenvalue weighted by molar-refractivity contribution is 0.254. The topological polar surface area (TPSA) is 64.1 Å². The van der Waals surface area contributed by atoms with Crippen LogP contribution < -0.4 is 24.8 Å². The summed E-state index contributed by atoms with van der Waals surface area (Å²) in [6, 6.07) is 12.1. The third kappa shape index (κ3) is 4.88. The fourth-order valence-electron chi connectivity index (χ4n) is 3.28. The molecule has 0 fully saturated rings. The molecule has 1 unspecified atom stereocenters. The molecule has 0 saturated heterocycles.